The van der Waals surface area contributed by atoms with Gasteiger partial charge in [-0.05, 0) is 38.3 Å². The smallest absolute Gasteiger partial charge is 0.243 e. The van der Waals surface area contributed by atoms with Crippen LogP contribution in [0.5, 0.6) is 0 Å². The van der Waals surface area contributed by atoms with Gasteiger partial charge in [-0.25, -0.2) is 0 Å². The fourth-order valence-electron chi connectivity index (χ4n) is 2.24. The van der Waals surface area contributed by atoms with Gasteiger partial charge in [0.2, 0.25) is 5.91 Å². The van der Waals surface area contributed by atoms with Gasteiger partial charge in [0.15, 0.2) is 0 Å². The molecule has 1 aromatic rings. The van der Waals surface area contributed by atoms with Crippen LogP contribution in [0.1, 0.15) is 25.8 Å². The molecular weight excluding hydrogens is 200 g/mol. The second kappa shape index (κ2) is 4.26. The van der Waals surface area contributed by atoms with E-state index in [0.29, 0.717) is 0 Å². The van der Waals surface area contributed by atoms with Gasteiger partial charge in [-0.2, -0.15) is 0 Å². The van der Waals surface area contributed by atoms with Crippen molar-refractivity contribution in [1.82, 2.24) is 0 Å². The fourth-order valence-corrected chi connectivity index (χ4v) is 2.24. The third kappa shape index (κ3) is 1.83. The summed E-state index contributed by atoms with van der Waals surface area (Å²) in [5.74, 6) is 0.0136. The highest BCUT2D eigenvalue weighted by atomic mass is 16.2. The molecule has 0 aromatic heterocycles. The molecule has 0 saturated heterocycles. The van der Waals surface area contributed by atoms with E-state index in [2.05, 4.69) is 13.0 Å². The number of rotatable bonds is 1. The Morgan fingerprint density at radius 2 is 2.19 bits per heavy atom. The number of carbonyl (C=O) groups excluding carboxylic acids is 1. The summed E-state index contributed by atoms with van der Waals surface area (Å²) in [6, 6.07) is 7.89. The van der Waals surface area contributed by atoms with Crippen molar-refractivity contribution in [2.75, 3.05) is 4.90 Å². The van der Waals surface area contributed by atoms with Crippen LogP contribution in [-0.4, -0.2) is 18.0 Å². The third-order valence-electron chi connectivity index (χ3n) is 3.15. The molecule has 0 bridgehead atoms. The zero-order valence-corrected chi connectivity index (χ0v) is 9.81. The Bertz CT molecular complexity index is 401. The van der Waals surface area contributed by atoms with Crippen molar-refractivity contribution < 1.29 is 4.79 Å². The minimum atomic E-state index is -0.436. The number of nitrogens with zero attached hydrogens (tertiary/aromatic N) is 1. The van der Waals surface area contributed by atoms with Gasteiger partial charge in [0.1, 0.15) is 0 Å². The van der Waals surface area contributed by atoms with E-state index in [1.807, 2.05) is 23.1 Å². The van der Waals surface area contributed by atoms with Crippen LogP contribution in [0.2, 0.25) is 0 Å². The normalized spacial score (nSPS) is 21.4. The lowest BCUT2D eigenvalue weighted by molar-refractivity contribution is -0.120. The van der Waals surface area contributed by atoms with Gasteiger partial charge in [-0.3, -0.25) is 4.79 Å². The molecule has 2 rings (SSSR count). The molecular formula is C13H18N2O. The second-order valence-corrected chi connectivity index (χ2v) is 4.51. The number of hydrogen-bond donors (Lipinski definition) is 1. The van der Waals surface area contributed by atoms with Gasteiger partial charge >= 0.3 is 0 Å². The Morgan fingerprint density at radius 1 is 1.50 bits per heavy atom. The van der Waals surface area contributed by atoms with Crippen molar-refractivity contribution in [3.8, 4) is 0 Å². The van der Waals surface area contributed by atoms with E-state index >= 15 is 0 Å². The average Bonchev–Trinajstić information content (AvgIpc) is 2.28. The van der Waals surface area contributed by atoms with E-state index in [9.17, 15) is 4.79 Å². The number of para-hydroxylation sites is 1. The highest BCUT2D eigenvalue weighted by Crippen LogP contribution is 2.30. The van der Waals surface area contributed by atoms with Crippen LogP contribution in [0.3, 0.4) is 0 Å². The third-order valence-corrected chi connectivity index (χ3v) is 3.15. The maximum atomic E-state index is 12.1. The van der Waals surface area contributed by atoms with E-state index in [-0.39, 0.29) is 11.9 Å². The number of nitrogens with two attached hydrogens (primary N) is 1. The van der Waals surface area contributed by atoms with Gasteiger partial charge < -0.3 is 10.6 Å². The minimum Gasteiger partial charge on any atom is -0.320 e. The molecule has 0 spiro atoms. The minimum absolute atomic E-state index is 0.0136. The number of hydrogen-bond acceptors (Lipinski definition) is 2. The monoisotopic (exact) mass is 218 g/mol. The van der Waals surface area contributed by atoms with Crippen molar-refractivity contribution >= 4 is 11.6 Å². The lowest BCUT2D eigenvalue weighted by Crippen LogP contribution is -2.48. The van der Waals surface area contributed by atoms with Crippen molar-refractivity contribution in [1.29, 1.82) is 0 Å². The summed E-state index contributed by atoms with van der Waals surface area (Å²) in [7, 11) is 0. The Labute approximate surface area is 96.2 Å². The molecule has 0 radical (unpaired) electrons. The molecule has 1 aliphatic heterocycles. The zero-order chi connectivity index (χ0) is 11.7. The molecule has 3 heteroatoms. The predicted molar refractivity (Wildman–Crippen MR) is 65.4 cm³/mol. The summed E-state index contributed by atoms with van der Waals surface area (Å²) >= 11 is 0. The molecule has 1 amide bonds. The highest BCUT2D eigenvalue weighted by molar-refractivity contribution is 5.98. The summed E-state index contributed by atoms with van der Waals surface area (Å²) < 4.78 is 0. The van der Waals surface area contributed by atoms with Gasteiger partial charge in [0.05, 0.1) is 6.04 Å². The molecule has 3 nitrogen and oxygen atoms in total. The quantitative estimate of drug-likeness (QED) is 0.780. The van der Waals surface area contributed by atoms with Crippen LogP contribution >= 0.6 is 0 Å². The number of benzene rings is 1. The molecule has 0 saturated carbocycles. The summed E-state index contributed by atoms with van der Waals surface area (Å²) in [6.45, 7) is 3.82. The standard InChI is InChI=1S/C13H18N2O/c1-9-7-8-11-5-3-4-6-12(11)15(9)13(16)10(2)14/h3-6,9-10H,7-8,14H2,1-2H3/t9?,10-/m0/s1. The first-order valence-electron chi connectivity index (χ1n) is 5.78. The molecule has 16 heavy (non-hydrogen) atoms. The van der Waals surface area contributed by atoms with Crippen molar-refractivity contribution in [3.05, 3.63) is 29.8 Å². The Kier molecular flexibility index (Phi) is 2.97. The number of carbonyl (C=O) groups is 1. The highest BCUT2D eigenvalue weighted by Gasteiger charge is 2.29. The topological polar surface area (TPSA) is 46.3 Å². The average molecular weight is 218 g/mol. The molecule has 1 heterocycles. The zero-order valence-electron chi connectivity index (χ0n) is 9.81. The van der Waals surface area contributed by atoms with Crippen LogP contribution < -0.4 is 10.6 Å². The Hall–Kier alpha value is -1.35. The lowest BCUT2D eigenvalue weighted by Gasteiger charge is -2.36. The Balaban J connectivity index is 2.40. The maximum Gasteiger partial charge on any atom is 0.243 e. The van der Waals surface area contributed by atoms with Crippen LogP contribution in [0, 0.1) is 0 Å². The number of amides is 1. The molecule has 2 atom stereocenters. The van der Waals surface area contributed by atoms with Crippen LogP contribution in [-0.2, 0) is 11.2 Å². The van der Waals surface area contributed by atoms with E-state index in [0.717, 1.165) is 18.5 Å². The van der Waals surface area contributed by atoms with Crippen LogP contribution in [0.15, 0.2) is 24.3 Å². The summed E-state index contributed by atoms with van der Waals surface area (Å²) in [6.07, 6.45) is 2.05. The molecule has 1 aromatic carbocycles. The Morgan fingerprint density at radius 3 is 2.88 bits per heavy atom. The molecule has 1 aliphatic rings. The first-order chi connectivity index (χ1) is 7.61. The van der Waals surface area contributed by atoms with E-state index in [1.165, 1.54) is 5.56 Å². The SMILES string of the molecule is CC1CCc2ccccc2N1C(=O)[C@H](C)N. The summed E-state index contributed by atoms with van der Waals surface area (Å²) in [4.78, 5) is 13.9. The van der Waals surface area contributed by atoms with Gasteiger partial charge in [-0.1, -0.05) is 18.2 Å². The van der Waals surface area contributed by atoms with Crippen LogP contribution in [0.25, 0.3) is 0 Å². The van der Waals surface area contributed by atoms with E-state index in [1.54, 1.807) is 6.92 Å². The summed E-state index contributed by atoms with van der Waals surface area (Å²) in [5.41, 5.74) is 7.97. The largest absolute Gasteiger partial charge is 0.320 e. The van der Waals surface area contributed by atoms with Crippen molar-refractivity contribution in [3.63, 3.8) is 0 Å². The molecule has 1 unspecified atom stereocenters. The lowest BCUT2D eigenvalue weighted by atomic mass is 9.96. The van der Waals surface area contributed by atoms with Crippen molar-refractivity contribution in [2.45, 2.75) is 38.8 Å². The van der Waals surface area contributed by atoms with E-state index in [4.69, 9.17) is 5.73 Å². The number of fused-ring (bicyclic) bond motifs is 1. The molecule has 0 fully saturated rings. The predicted octanol–water partition coefficient (Wildman–Crippen LogP) is 1.70. The van der Waals surface area contributed by atoms with Gasteiger partial charge in [-0.15, -0.1) is 0 Å². The number of aryl methyl sites for hydroxylation is 1. The second-order valence-electron chi connectivity index (χ2n) is 4.51. The first-order valence-corrected chi connectivity index (χ1v) is 5.78. The first kappa shape index (κ1) is 11.1. The van der Waals surface area contributed by atoms with Crippen molar-refractivity contribution in [2.24, 2.45) is 5.73 Å². The molecule has 2 N–H and O–H groups in total. The fraction of sp³-hybridized carbons (Fsp3) is 0.462. The molecule has 0 aliphatic carbocycles. The van der Waals surface area contributed by atoms with E-state index < -0.39 is 6.04 Å². The number of anilines is 1. The van der Waals surface area contributed by atoms with Gasteiger partial charge in [0, 0.05) is 11.7 Å². The van der Waals surface area contributed by atoms with Gasteiger partial charge in [0.25, 0.3) is 0 Å². The van der Waals surface area contributed by atoms with Crippen LogP contribution in [0.4, 0.5) is 5.69 Å². The summed E-state index contributed by atoms with van der Waals surface area (Å²) in [5, 5.41) is 0. The molecule has 86 valence electrons. The maximum absolute atomic E-state index is 12.1.